The Hall–Kier alpha value is -2.20. The molecule has 10 heteroatoms. The van der Waals surface area contributed by atoms with E-state index in [1.807, 2.05) is 0 Å². The molecule has 7 atom stereocenters. The van der Waals surface area contributed by atoms with E-state index >= 15 is 0 Å². The SMILES string of the molecule is O=C1OC2C3CC(C2OC(=O)C24CC5CC(CC(C5)C2)C4)C(C(=O)OC2C=CC(S(=O)(=O)O)=CC2)C13. The van der Waals surface area contributed by atoms with Crippen molar-refractivity contribution in [2.75, 3.05) is 0 Å². The molecule has 0 aromatic heterocycles. The van der Waals surface area contributed by atoms with Gasteiger partial charge in [-0.1, -0.05) is 6.08 Å². The lowest BCUT2D eigenvalue weighted by Gasteiger charge is -2.55. The molecule has 8 aliphatic rings. The molecule has 6 bridgehead atoms. The lowest BCUT2D eigenvalue weighted by atomic mass is 9.49. The summed E-state index contributed by atoms with van der Waals surface area (Å²) in [6.45, 7) is 0. The first-order chi connectivity index (χ1) is 17.1. The molecule has 8 rings (SSSR count). The molecule has 6 saturated carbocycles. The van der Waals surface area contributed by atoms with Gasteiger partial charge in [-0.3, -0.25) is 18.9 Å². The van der Waals surface area contributed by atoms with Crippen molar-refractivity contribution in [2.45, 2.75) is 69.7 Å². The Labute approximate surface area is 209 Å². The summed E-state index contributed by atoms with van der Waals surface area (Å²) in [5.74, 6) is -1.23. The van der Waals surface area contributed by atoms with Gasteiger partial charge < -0.3 is 14.2 Å². The van der Waals surface area contributed by atoms with Gasteiger partial charge >= 0.3 is 17.9 Å². The molecule has 9 nitrogen and oxygen atoms in total. The minimum absolute atomic E-state index is 0.0976. The highest BCUT2D eigenvalue weighted by molar-refractivity contribution is 7.90. The second-order valence-corrected chi connectivity index (χ2v) is 13.7. The third-order valence-corrected chi connectivity index (χ3v) is 11.0. The van der Waals surface area contributed by atoms with Gasteiger partial charge in [0, 0.05) is 18.3 Å². The molecular formula is C26H30O9S. The highest BCUT2D eigenvalue weighted by Gasteiger charge is 2.71. The van der Waals surface area contributed by atoms with E-state index in [4.69, 9.17) is 14.2 Å². The van der Waals surface area contributed by atoms with Crippen molar-refractivity contribution in [3.63, 3.8) is 0 Å². The third-order valence-electron chi connectivity index (χ3n) is 10.1. The van der Waals surface area contributed by atoms with Gasteiger partial charge in [0.25, 0.3) is 10.1 Å². The van der Waals surface area contributed by atoms with Gasteiger partial charge in [-0.15, -0.1) is 0 Å². The summed E-state index contributed by atoms with van der Waals surface area (Å²) in [5, 5.41) is 0. The molecule has 0 amide bonds. The third kappa shape index (κ3) is 3.36. The molecule has 7 unspecified atom stereocenters. The average molecular weight is 519 g/mol. The normalized spacial score (nSPS) is 47.6. The zero-order chi connectivity index (χ0) is 25.0. The van der Waals surface area contributed by atoms with E-state index in [1.165, 1.54) is 37.5 Å². The zero-order valence-electron chi connectivity index (χ0n) is 19.8. The van der Waals surface area contributed by atoms with Crippen molar-refractivity contribution in [1.29, 1.82) is 0 Å². The quantitative estimate of drug-likeness (QED) is 0.331. The van der Waals surface area contributed by atoms with Crippen molar-refractivity contribution >= 4 is 28.0 Å². The Bertz CT molecular complexity index is 1160. The van der Waals surface area contributed by atoms with Gasteiger partial charge in [-0.25, -0.2) is 0 Å². The minimum atomic E-state index is -4.33. The largest absolute Gasteiger partial charge is 0.458 e. The molecule has 1 aliphatic heterocycles. The van der Waals surface area contributed by atoms with Crippen molar-refractivity contribution in [3.8, 4) is 0 Å². The molecule has 194 valence electrons. The number of esters is 3. The van der Waals surface area contributed by atoms with E-state index in [0.717, 1.165) is 19.3 Å². The van der Waals surface area contributed by atoms with E-state index in [2.05, 4.69) is 0 Å². The first kappa shape index (κ1) is 23.0. The number of hydrogen-bond donors (Lipinski definition) is 1. The van der Waals surface area contributed by atoms with Crippen LogP contribution in [0.1, 0.15) is 51.4 Å². The molecular weight excluding hydrogens is 488 g/mol. The molecule has 0 spiro atoms. The Morgan fingerprint density at radius 1 is 1.00 bits per heavy atom. The first-order valence-corrected chi connectivity index (χ1v) is 14.5. The van der Waals surface area contributed by atoms with Crippen LogP contribution in [0.4, 0.5) is 0 Å². The number of fused-ring (bicyclic) bond motifs is 1. The summed E-state index contributed by atoms with van der Waals surface area (Å²) in [6.07, 6.45) is 9.03. The predicted octanol–water partition coefficient (Wildman–Crippen LogP) is 2.57. The second kappa shape index (κ2) is 7.66. The van der Waals surface area contributed by atoms with E-state index in [1.54, 1.807) is 0 Å². The molecule has 0 radical (unpaired) electrons. The fourth-order valence-corrected chi connectivity index (χ4v) is 9.72. The van der Waals surface area contributed by atoms with Crippen LogP contribution >= 0.6 is 0 Å². The van der Waals surface area contributed by atoms with Gasteiger partial charge in [-0.2, -0.15) is 8.42 Å². The van der Waals surface area contributed by atoms with E-state index in [0.29, 0.717) is 24.2 Å². The van der Waals surface area contributed by atoms with Crippen LogP contribution in [-0.2, 0) is 38.7 Å². The van der Waals surface area contributed by atoms with Gasteiger partial charge in [0.15, 0.2) is 0 Å². The van der Waals surface area contributed by atoms with Crippen LogP contribution in [0.25, 0.3) is 0 Å². The maximum atomic E-state index is 13.6. The summed E-state index contributed by atoms with van der Waals surface area (Å²) in [4.78, 5) is 39.4. The molecule has 0 aromatic carbocycles. The number of hydrogen-bond acceptors (Lipinski definition) is 8. The van der Waals surface area contributed by atoms with Crippen LogP contribution in [-0.4, -0.2) is 49.2 Å². The number of allylic oxidation sites excluding steroid dienone is 1. The van der Waals surface area contributed by atoms with Crippen LogP contribution < -0.4 is 0 Å². The molecule has 0 aromatic rings. The van der Waals surface area contributed by atoms with Gasteiger partial charge in [0.1, 0.15) is 18.3 Å². The summed E-state index contributed by atoms with van der Waals surface area (Å²) in [6, 6.07) is 0. The van der Waals surface area contributed by atoms with E-state index < -0.39 is 57.6 Å². The molecule has 36 heavy (non-hydrogen) atoms. The zero-order valence-corrected chi connectivity index (χ0v) is 20.6. The minimum Gasteiger partial charge on any atom is -0.458 e. The lowest BCUT2D eigenvalue weighted by molar-refractivity contribution is -0.188. The van der Waals surface area contributed by atoms with Gasteiger partial charge in [0.05, 0.1) is 22.2 Å². The van der Waals surface area contributed by atoms with Crippen LogP contribution in [0.5, 0.6) is 0 Å². The maximum absolute atomic E-state index is 13.6. The van der Waals surface area contributed by atoms with Crippen molar-refractivity contribution in [1.82, 2.24) is 0 Å². The Morgan fingerprint density at radius 3 is 2.25 bits per heavy atom. The fourth-order valence-electron chi connectivity index (χ4n) is 9.17. The Kier molecular flexibility index (Phi) is 4.89. The van der Waals surface area contributed by atoms with Crippen LogP contribution in [0.2, 0.25) is 0 Å². The van der Waals surface area contributed by atoms with E-state index in [9.17, 15) is 27.4 Å². The smallest absolute Gasteiger partial charge is 0.312 e. The topological polar surface area (TPSA) is 133 Å². The standard InChI is InChI=1S/C26H30O9S/c27-23(33-15-1-3-16(4-2-15)36(30,31)32)19-18-8-17-20(19)24(28)34-21(17)22(18)35-25(29)26-9-12-5-13(10-26)7-14(6-12)11-26/h1,3-4,12-15,17-22H,2,5-11H2,(H,30,31,32). The fraction of sp³-hybridized carbons (Fsp3) is 0.731. The second-order valence-electron chi connectivity index (χ2n) is 12.2. The molecule has 1 N–H and O–H groups in total. The lowest BCUT2D eigenvalue weighted by Crippen LogP contribution is -2.53. The molecule has 7 aliphatic carbocycles. The highest BCUT2D eigenvalue weighted by atomic mass is 32.2. The molecule has 1 heterocycles. The summed E-state index contributed by atoms with van der Waals surface area (Å²) >= 11 is 0. The summed E-state index contributed by atoms with van der Waals surface area (Å²) in [5.41, 5.74) is -0.432. The Balaban J connectivity index is 1.07. The van der Waals surface area contributed by atoms with Crippen LogP contribution in [0.3, 0.4) is 0 Å². The van der Waals surface area contributed by atoms with Crippen molar-refractivity contribution < 1.29 is 41.6 Å². The number of carbonyl (C=O) groups is 3. The summed E-state index contributed by atoms with van der Waals surface area (Å²) < 4.78 is 49.2. The maximum Gasteiger partial charge on any atom is 0.312 e. The van der Waals surface area contributed by atoms with Gasteiger partial charge in [0.2, 0.25) is 0 Å². The highest BCUT2D eigenvalue weighted by Crippen LogP contribution is 2.62. The van der Waals surface area contributed by atoms with Crippen molar-refractivity contribution in [2.24, 2.45) is 46.8 Å². The Morgan fingerprint density at radius 2 is 1.67 bits per heavy atom. The number of carbonyl (C=O) groups excluding carboxylic acids is 3. The average Bonchev–Trinajstić information content (AvgIpc) is 3.42. The predicted molar refractivity (Wildman–Crippen MR) is 122 cm³/mol. The molecule has 1 saturated heterocycles. The number of rotatable bonds is 5. The van der Waals surface area contributed by atoms with Gasteiger partial charge in [-0.05, 0) is 74.9 Å². The van der Waals surface area contributed by atoms with Crippen LogP contribution in [0.15, 0.2) is 23.1 Å². The monoisotopic (exact) mass is 518 g/mol. The molecule has 7 fully saturated rings. The van der Waals surface area contributed by atoms with Crippen LogP contribution in [0, 0.1) is 46.8 Å². The first-order valence-electron chi connectivity index (χ1n) is 13.1. The van der Waals surface area contributed by atoms with E-state index in [-0.39, 0.29) is 29.1 Å². The van der Waals surface area contributed by atoms with Crippen molar-refractivity contribution in [3.05, 3.63) is 23.1 Å². The number of ether oxygens (including phenoxy) is 3. The summed E-state index contributed by atoms with van der Waals surface area (Å²) in [7, 11) is -4.33.